The molecule has 0 atom stereocenters. The van der Waals surface area contributed by atoms with Gasteiger partial charge in [-0.2, -0.15) is 0 Å². The average molecular weight is 196 g/mol. The van der Waals surface area contributed by atoms with Crippen molar-refractivity contribution in [2.75, 3.05) is 31.6 Å². The Balaban J connectivity index is 1.88. The molecule has 2 heterocycles. The summed E-state index contributed by atoms with van der Waals surface area (Å²) < 4.78 is 5.14. The van der Waals surface area contributed by atoms with Gasteiger partial charge in [0.2, 0.25) is 5.95 Å². The molecule has 1 aliphatic heterocycles. The van der Waals surface area contributed by atoms with Crippen LogP contribution in [0.5, 0.6) is 0 Å². The molecule has 1 fully saturated rings. The van der Waals surface area contributed by atoms with Gasteiger partial charge in [-0.25, -0.2) is 9.78 Å². The summed E-state index contributed by atoms with van der Waals surface area (Å²) in [4.78, 5) is 20.0. The molecule has 0 aliphatic carbocycles. The van der Waals surface area contributed by atoms with Crippen LogP contribution >= 0.6 is 0 Å². The minimum Gasteiger partial charge on any atom is -0.378 e. The van der Waals surface area contributed by atoms with Crippen molar-refractivity contribution >= 4 is 12.0 Å². The molecule has 1 aromatic heterocycles. The standard InChI is InChI=1S/C8H12N4O2/c13-8(11-7-9-1-2-10-7)12-3-5-14-6-4-12/h1-2H,3-6H2,(H2,9,10,11,13). The average Bonchev–Trinajstić information content (AvgIpc) is 2.72. The van der Waals surface area contributed by atoms with Gasteiger partial charge in [0.05, 0.1) is 13.2 Å². The highest BCUT2D eigenvalue weighted by atomic mass is 16.5. The normalized spacial score (nSPS) is 16.7. The highest BCUT2D eigenvalue weighted by molar-refractivity contribution is 5.87. The lowest BCUT2D eigenvalue weighted by atomic mass is 10.4. The molecule has 0 aromatic carbocycles. The maximum Gasteiger partial charge on any atom is 0.324 e. The number of urea groups is 1. The molecule has 1 saturated heterocycles. The van der Waals surface area contributed by atoms with Crippen LogP contribution < -0.4 is 5.32 Å². The minimum atomic E-state index is -0.136. The van der Waals surface area contributed by atoms with Gasteiger partial charge < -0.3 is 14.6 Å². The van der Waals surface area contributed by atoms with E-state index in [9.17, 15) is 4.79 Å². The number of anilines is 1. The van der Waals surface area contributed by atoms with Crippen molar-refractivity contribution in [3.63, 3.8) is 0 Å². The third-order valence-corrected chi connectivity index (χ3v) is 2.02. The maximum atomic E-state index is 11.6. The number of imidazole rings is 1. The van der Waals surface area contributed by atoms with Crippen LogP contribution in [0.1, 0.15) is 0 Å². The molecule has 0 unspecified atom stereocenters. The lowest BCUT2D eigenvalue weighted by Crippen LogP contribution is -2.43. The SMILES string of the molecule is O=C(Nc1ncc[nH]1)N1CCOCC1. The van der Waals surface area contributed by atoms with Crippen LogP contribution in [0.25, 0.3) is 0 Å². The second-order valence-corrected chi connectivity index (χ2v) is 2.97. The van der Waals surface area contributed by atoms with E-state index in [1.54, 1.807) is 17.3 Å². The highest BCUT2D eigenvalue weighted by Gasteiger charge is 2.16. The van der Waals surface area contributed by atoms with Crippen LogP contribution in [0.4, 0.5) is 10.7 Å². The Labute approximate surface area is 81.3 Å². The van der Waals surface area contributed by atoms with Crippen molar-refractivity contribution in [1.82, 2.24) is 14.9 Å². The summed E-state index contributed by atoms with van der Waals surface area (Å²) in [6, 6.07) is -0.136. The van der Waals surface area contributed by atoms with Crippen LogP contribution in [0, 0.1) is 0 Å². The Morgan fingerprint density at radius 1 is 1.57 bits per heavy atom. The molecule has 14 heavy (non-hydrogen) atoms. The number of carbonyl (C=O) groups excluding carboxylic acids is 1. The van der Waals surface area contributed by atoms with E-state index in [0.29, 0.717) is 32.3 Å². The Hall–Kier alpha value is -1.56. The van der Waals surface area contributed by atoms with Crippen LogP contribution in [-0.4, -0.2) is 47.2 Å². The highest BCUT2D eigenvalue weighted by Crippen LogP contribution is 2.01. The van der Waals surface area contributed by atoms with Crippen molar-refractivity contribution in [2.45, 2.75) is 0 Å². The van der Waals surface area contributed by atoms with Gasteiger partial charge in [0.15, 0.2) is 0 Å². The Kier molecular flexibility index (Phi) is 2.64. The zero-order valence-corrected chi connectivity index (χ0v) is 7.69. The number of carbonyl (C=O) groups is 1. The molecular formula is C8H12N4O2. The summed E-state index contributed by atoms with van der Waals surface area (Å²) in [6.45, 7) is 2.47. The second kappa shape index (κ2) is 4.10. The number of aromatic nitrogens is 2. The van der Waals surface area contributed by atoms with Crippen LogP contribution in [-0.2, 0) is 4.74 Å². The maximum absolute atomic E-state index is 11.6. The third kappa shape index (κ3) is 2.02. The first kappa shape index (κ1) is 9.01. The van der Waals surface area contributed by atoms with Crippen molar-refractivity contribution in [2.24, 2.45) is 0 Å². The Morgan fingerprint density at radius 3 is 3.00 bits per heavy atom. The molecular weight excluding hydrogens is 184 g/mol. The number of amides is 2. The van der Waals surface area contributed by atoms with E-state index in [4.69, 9.17) is 4.74 Å². The van der Waals surface area contributed by atoms with Crippen molar-refractivity contribution < 1.29 is 9.53 Å². The number of ether oxygens (including phenoxy) is 1. The first-order valence-corrected chi connectivity index (χ1v) is 4.49. The number of rotatable bonds is 1. The van der Waals surface area contributed by atoms with Crippen molar-refractivity contribution in [3.8, 4) is 0 Å². The van der Waals surface area contributed by atoms with Gasteiger partial charge in [-0.1, -0.05) is 0 Å². The van der Waals surface area contributed by atoms with Gasteiger partial charge in [0.1, 0.15) is 0 Å². The van der Waals surface area contributed by atoms with Gasteiger partial charge in [0.25, 0.3) is 0 Å². The molecule has 0 spiro atoms. The summed E-state index contributed by atoms with van der Waals surface area (Å²) in [6.07, 6.45) is 3.25. The Morgan fingerprint density at radius 2 is 2.36 bits per heavy atom. The number of nitrogens with one attached hydrogen (secondary N) is 2. The minimum absolute atomic E-state index is 0.136. The first-order valence-electron chi connectivity index (χ1n) is 4.49. The summed E-state index contributed by atoms with van der Waals surface area (Å²) in [5.41, 5.74) is 0. The number of hydrogen-bond acceptors (Lipinski definition) is 3. The molecule has 0 bridgehead atoms. The van der Waals surface area contributed by atoms with E-state index in [-0.39, 0.29) is 6.03 Å². The van der Waals surface area contributed by atoms with E-state index in [1.165, 1.54) is 0 Å². The predicted octanol–water partition coefficient (Wildman–Crippen LogP) is 0.274. The van der Waals surface area contributed by atoms with E-state index in [1.807, 2.05) is 0 Å². The molecule has 1 aromatic rings. The molecule has 6 heteroatoms. The van der Waals surface area contributed by atoms with Gasteiger partial charge in [-0.05, 0) is 0 Å². The molecule has 0 radical (unpaired) electrons. The molecule has 2 amide bonds. The topological polar surface area (TPSA) is 70.2 Å². The summed E-state index contributed by atoms with van der Waals surface area (Å²) in [5, 5.41) is 2.66. The fraction of sp³-hybridized carbons (Fsp3) is 0.500. The lowest BCUT2D eigenvalue weighted by molar-refractivity contribution is 0.0564. The zero-order valence-electron chi connectivity index (χ0n) is 7.69. The van der Waals surface area contributed by atoms with Crippen molar-refractivity contribution in [1.29, 1.82) is 0 Å². The van der Waals surface area contributed by atoms with E-state index in [0.717, 1.165) is 0 Å². The number of nitrogens with zero attached hydrogens (tertiary/aromatic N) is 2. The van der Waals surface area contributed by atoms with Gasteiger partial charge >= 0.3 is 6.03 Å². The number of morpholine rings is 1. The summed E-state index contributed by atoms with van der Waals surface area (Å²) >= 11 is 0. The lowest BCUT2D eigenvalue weighted by Gasteiger charge is -2.26. The molecule has 76 valence electrons. The van der Waals surface area contributed by atoms with E-state index in [2.05, 4.69) is 15.3 Å². The van der Waals surface area contributed by atoms with Crippen LogP contribution in [0.15, 0.2) is 12.4 Å². The molecule has 0 saturated carbocycles. The van der Waals surface area contributed by atoms with Crippen LogP contribution in [0.2, 0.25) is 0 Å². The fourth-order valence-corrected chi connectivity index (χ4v) is 1.28. The molecule has 6 nitrogen and oxygen atoms in total. The van der Waals surface area contributed by atoms with E-state index >= 15 is 0 Å². The molecule has 2 N–H and O–H groups in total. The van der Waals surface area contributed by atoms with Crippen LogP contribution in [0.3, 0.4) is 0 Å². The second-order valence-electron chi connectivity index (χ2n) is 2.97. The molecule has 1 aliphatic rings. The molecule has 2 rings (SSSR count). The van der Waals surface area contributed by atoms with E-state index < -0.39 is 0 Å². The first-order chi connectivity index (χ1) is 6.86. The summed E-state index contributed by atoms with van der Waals surface area (Å²) in [7, 11) is 0. The summed E-state index contributed by atoms with van der Waals surface area (Å²) in [5.74, 6) is 0.474. The Bertz CT molecular complexity index is 292. The van der Waals surface area contributed by atoms with Gasteiger partial charge in [0, 0.05) is 25.5 Å². The number of H-pyrrole nitrogens is 1. The van der Waals surface area contributed by atoms with Gasteiger partial charge in [-0.3, -0.25) is 5.32 Å². The quantitative estimate of drug-likeness (QED) is 0.677. The number of aromatic amines is 1. The monoisotopic (exact) mass is 196 g/mol. The number of hydrogen-bond donors (Lipinski definition) is 2. The predicted molar refractivity (Wildman–Crippen MR) is 50.0 cm³/mol. The third-order valence-electron chi connectivity index (χ3n) is 2.02. The largest absolute Gasteiger partial charge is 0.378 e. The smallest absolute Gasteiger partial charge is 0.324 e. The van der Waals surface area contributed by atoms with Gasteiger partial charge in [-0.15, -0.1) is 0 Å². The fourth-order valence-electron chi connectivity index (χ4n) is 1.28. The zero-order chi connectivity index (χ0) is 9.80. The van der Waals surface area contributed by atoms with Crippen molar-refractivity contribution in [3.05, 3.63) is 12.4 Å².